The summed E-state index contributed by atoms with van der Waals surface area (Å²) in [4.78, 5) is 12.3. The Hall–Kier alpha value is -0.770. The number of rotatable bonds is 2. The summed E-state index contributed by atoms with van der Waals surface area (Å²) < 4.78 is 0. The van der Waals surface area contributed by atoms with Crippen LogP contribution in [-0.2, 0) is 4.79 Å². The lowest BCUT2D eigenvalue weighted by atomic mass is 9.92. The average Bonchev–Trinajstić information content (AvgIpc) is 3.08. The Morgan fingerprint density at radius 1 is 1.32 bits per heavy atom. The molecule has 1 aliphatic carbocycles. The van der Waals surface area contributed by atoms with E-state index in [0.29, 0.717) is 15.7 Å². The van der Waals surface area contributed by atoms with Gasteiger partial charge in [0.2, 0.25) is 5.91 Å². The molecule has 1 amide bonds. The molecule has 3 rings (SSSR count). The normalized spacial score (nSPS) is 24.2. The molecule has 1 saturated heterocycles. The first-order chi connectivity index (χ1) is 9.11. The summed E-state index contributed by atoms with van der Waals surface area (Å²) in [6, 6.07) is 5.11. The standard InChI is InChI=1S/C14H16Cl2N2O/c15-9-1-2-11(16)12(7-9)18-13(19)10-8-14(10)3-5-17-6-4-14/h1-2,7,10,17H,3-6,8H2,(H,18,19). The van der Waals surface area contributed by atoms with Gasteiger partial charge in [0, 0.05) is 10.9 Å². The molecule has 2 fully saturated rings. The van der Waals surface area contributed by atoms with E-state index >= 15 is 0 Å². The molecule has 1 atom stereocenters. The first kappa shape index (κ1) is 13.2. The van der Waals surface area contributed by atoms with Crippen LogP contribution >= 0.6 is 23.2 Å². The van der Waals surface area contributed by atoms with Crippen LogP contribution in [0.5, 0.6) is 0 Å². The highest BCUT2D eigenvalue weighted by molar-refractivity contribution is 6.35. The third kappa shape index (κ3) is 2.60. The number of anilines is 1. The minimum absolute atomic E-state index is 0.0751. The summed E-state index contributed by atoms with van der Waals surface area (Å²) in [6.45, 7) is 2.03. The van der Waals surface area contributed by atoms with Crippen molar-refractivity contribution in [2.75, 3.05) is 18.4 Å². The van der Waals surface area contributed by atoms with Crippen molar-refractivity contribution in [3.8, 4) is 0 Å². The molecule has 5 heteroatoms. The molecule has 3 nitrogen and oxygen atoms in total. The summed E-state index contributed by atoms with van der Waals surface area (Å²) in [5.41, 5.74) is 0.843. The van der Waals surface area contributed by atoms with Gasteiger partial charge in [-0.25, -0.2) is 0 Å². The number of hydrogen-bond acceptors (Lipinski definition) is 2. The minimum atomic E-state index is 0.0751. The van der Waals surface area contributed by atoms with E-state index in [0.717, 1.165) is 32.4 Å². The summed E-state index contributed by atoms with van der Waals surface area (Å²) in [5, 5.41) is 7.35. The van der Waals surface area contributed by atoms with Gasteiger partial charge in [0.25, 0.3) is 0 Å². The lowest BCUT2D eigenvalue weighted by Gasteiger charge is -2.23. The predicted molar refractivity (Wildman–Crippen MR) is 77.7 cm³/mol. The van der Waals surface area contributed by atoms with Gasteiger partial charge in [-0.05, 0) is 56.0 Å². The summed E-state index contributed by atoms with van der Waals surface area (Å²) in [5.74, 6) is 0.204. The van der Waals surface area contributed by atoms with Gasteiger partial charge in [-0.3, -0.25) is 4.79 Å². The summed E-state index contributed by atoms with van der Waals surface area (Å²) in [7, 11) is 0. The van der Waals surface area contributed by atoms with Crippen molar-refractivity contribution in [3.63, 3.8) is 0 Å². The maximum Gasteiger partial charge on any atom is 0.228 e. The Labute approximate surface area is 122 Å². The average molecular weight is 299 g/mol. The van der Waals surface area contributed by atoms with Crippen molar-refractivity contribution in [3.05, 3.63) is 28.2 Å². The second-order valence-electron chi connectivity index (χ2n) is 5.48. The highest BCUT2D eigenvalue weighted by atomic mass is 35.5. The second-order valence-corrected chi connectivity index (χ2v) is 6.33. The SMILES string of the molecule is O=C(Nc1cc(Cl)ccc1Cl)C1CC12CCNCC2. The molecule has 1 heterocycles. The zero-order valence-electron chi connectivity index (χ0n) is 10.5. The van der Waals surface area contributed by atoms with Crippen molar-refractivity contribution < 1.29 is 4.79 Å². The molecule has 1 spiro atoms. The number of piperidine rings is 1. The Bertz CT molecular complexity index is 512. The fourth-order valence-corrected chi connectivity index (χ4v) is 3.35. The fourth-order valence-electron chi connectivity index (χ4n) is 3.01. The molecule has 1 aromatic rings. The molecule has 1 unspecified atom stereocenters. The van der Waals surface area contributed by atoms with Gasteiger partial charge >= 0.3 is 0 Å². The van der Waals surface area contributed by atoms with E-state index in [1.807, 2.05) is 0 Å². The van der Waals surface area contributed by atoms with E-state index in [1.165, 1.54) is 0 Å². The van der Waals surface area contributed by atoms with Crippen LogP contribution in [0.1, 0.15) is 19.3 Å². The van der Waals surface area contributed by atoms with Crippen molar-refractivity contribution >= 4 is 34.8 Å². The van der Waals surface area contributed by atoms with Gasteiger partial charge in [0.15, 0.2) is 0 Å². The van der Waals surface area contributed by atoms with Crippen LogP contribution in [0.25, 0.3) is 0 Å². The first-order valence-corrected chi connectivity index (χ1v) is 7.33. The van der Waals surface area contributed by atoms with Crippen molar-refractivity contribution in [2.24, 2.45) is 11.3 Å². The maximum absolute atomic E-state index is 12.3. The molecular weight excluding hydrogens is 283 g/mol. The van der Waals surface area contributed by atoms with Crippen LogP contribution in [-0.4, -0.2) is 19.0 Å². The molecule has 0 aromatic heterocycles. The van der Waals surface area contributed by atoms with Gasteiger partial charge in [-0.2, -0.15) is 0 Å². The number of nitrogens with one attached hydrogen (secondary N) is 2. The van der Waals surface area contributed by atoms with Crippen LogP contribution in [0.3, 0.4) is 0 Å². The highest BCUT2D eigenvalue weighted by Gasteiger charge is 2.57. The molecule has 2 aliphatic rings. The highest BCUT2D eigenvalue weighted by Crippen LogP contribution is 2.58. The molecule has 19 heavy (non-hydrogen) atoms. The number of halogens is 2. The summed E-state index contributed by atoms with van der Waals surface area (Å²) in [6.07, 6.45) is 3.18. The van der Waals surface area contributed by atoms with E-state index in [1.54, 1.807) is 18.2 Å². The van der Waals surface area contributed by atoms with E-state index in [4.69, 9.17) is 23.2 Å². The Kier molecular flexibility index (Phi) is 3.46. The number of hydrogen-bond donors (Lipinski definition) is 2. The zero-order chi connectivity index (χ0) is 13.5. The van der Waals surface area contributed by atoms with E-state index in [2.05, 4.69) is 10.6 Å². The van der Waals surface area contributed by atoms with Crippen LogP contribution in [0.2, 0.25) is 10.0 Å². The molecule has 1 saturated carbocycles. The molecule has 0 radical (unpaired) electrons. The van der Waals surface area contributed by atoms with Crippen molar-refractivity contribution in [1.82, 2.24) is 5.32 Å². The van der Waals surface area contributed by atoms with Crippen LogP contribution < -0.4 is 10.6 Å². The molecule has 0 bridgehead atoms. The predicted octanol–water partition coefficient (Wildman–Crippen LogP) is 3.32. The van der Waals surface area contributed by atoms with Crippen LogP contribution in [0, 0.1) is 11.3 Å². The minimum Gasteiger partial charge on any atom is -0.324 e. The van der Waals surface area contributed by atoms with Crippen LogP contribution in [0.4, 0.5) is 5.69 Å². The monoisotopic (exact) mass is 298 g/mol. The quantitative estimate of drug-likeness (QED) is 0.879. The van der Waals surface area contributed by atoms with Gasteiger partial charge in [-0.15, -0.1) is 0 Å². The van der Waals surface area contributed by atoms with Crippen molar-refractivity contribution in [1.29, 1.82) is 0 Å². The van der Waals surface area contributed by atoms with E-state index < -0.39 is 0 Å². The molecular formula is C14H16Cl2N2O. The molecule has 2 N–H and O–H groups in total. The lowest BCUT2D eigenvalue weighted by Crippen LogP contribution is -2.31. The number of benzene rings is 1. The van der Waals surface area contributed by atoms with Gasteiger partial charge in [0.1, 0.15) is 0 Å². The number of amides is 1. The largest absolute Gasteiger partial charge is 0.324 e. The topological polar surface area (TPSA) is 41.1 Å². The molecule has 1 aromatic carbocycles. The molecule has 102 valence electrons. The first-order valence-electron chi connectivity index (χ1n) is 6.57. The maximum atomic E-state index is 12.3. The Morgan fingerprint density at radius 3 is 2.79 bits per heavy atom. The van der Waals surface area contributed by atoms with Gasteiger partial charge in [0.05, 0.1) is 10.7 Å². The third-order valence-corrected chi connectivity index (χ3v) is 4.86. The Balaban J connectivity index is 1.68. The van der Waals surface area contributed by atoms with Crippen LogP contribution in [0.15, 0.2) is 18.2 Å². The lowest BCUT2D eigenvalue weighted by molar-refractivity contribution is -0.118. The summed E-state index contributed by atoms with van der Waals surface area (Å²) >= 11 is 12.0. The third-order valence-electron chi connectivity index (χ3n) is 4.29. The number of carbonyl (C=O) groups excluding carboxylic acids is 1. The Morgan fingerprint density at radius 2 is 2.05 bits per heavy atom. The van der Waals surface area contributed by atoms with Gasteiger partial charge < -0.3 is 10.6 Å². The molecule has 1 aliphatic heterocycles. The fraction of sp³-hybridized carbons (Fsp3) is 0.500. The number of carbonyl (C=O) groups is 1. The van der Waals surface area contributed by atoms with Crippen molar-refractivity contribution in [2.45, 2.75) is 19.3 Å². The zero-order valence-corrected chi connectivity index (χ0v) is 12.0. The van der Waals surface area contributed by atoms with E-state index in [-0.39, 0.29) is 17.2 Å². The van der Waals surface area contributed by atoms with E-state index in [9.17, 15) is 4.79 Å². The second kappa shape index (κ2) is 4.97. The smallest absolute Gasteiger partial charge is 0.228 e. The van der Waals surface area contributed by atoms with Gasteiger partial charge in [-0.1, -0.05) is 23.2 Å².